The van der Waals surface area contributed by atoms with Crippen LogP contribution in [0.4, 0.5) is 0 Å². The fraction of sp³-hybridized carbons (Fsp3) is 0.227. The first-order valence-electron chi connectivity index (χ1n) is 9.62. The summed E-state index contributed by atoms with van der Waals surface area (Å²) in [6.45, 7) is 0.273. The van der Waals surface area contributed by atoms with Crippen LogP contribution in [0.1, 0.15) is 34.8 Å². The topological polar surface area (TPSA) is 91.6 Å². The molecule has 0 aliphatic carbocycles. The highest BCUT2D eigenvalue weighted by atomic mass is 35.5. The van der Waals surface area contributed by atoms with Crippen molar-refractivity contribution in [1.82, 2.24) is 14.8 Å². The number of aromatic hydroxyl groups is 1. The minimum atomic E-state index is -0.673. The highest BCUT2D eigenvalue weighted by molar-refractivity contribution is 6.42. The zero-order chi connectivity index (χ0) is 22.3. The van der Waals surface area contributed by atoms with Gasteiger partial charge in [-0.2, -0.15) is 0 Å². The summed E-state index contributed by atoms with van der Waals surface area (Å²) in [4.78, 5) is 38.1. The SMILES string of the molecule is CN(Cc1cccc2c(O)n(C3CCC(=O)NC3=O)cc12)C(=O)c1ccc(Cl)c(Cl)c1. The predicted molar refractivity (Wildman–Crippen MR) is 117 cm³/mol. The van der Waals surface area contributed by atoms with Crippen molar-refractivity contribution in [3.8, 4) is 5.88 Å². The van der Waals surface area contributed by atoms with Gasteiger partial charge in [0.05, 0.1) is 10.0 Å². The number of amides is 3. The van der Waals surface area contributed by atoms with Crippen LogP contribution < -0.4 is 5.32 Å². The molecular weight excluding hydrogens is 441 g/mol. The number of hydrogen-bond acceptors (Lipinski definition) is 4. The second-order valence-corrected chi connectivity index (χ2v) is 8.31. The summed E-state index contributed by atoms with van der Waals surface area (Å²) in [5.41, 5.74) is 1.21. The average Bonchev–Trinajstić information content (AvgIpc) is 3.07. The summed E-state index contributed by atoms with van der Waals surface area (Å²) >= 11 is 12.0. The van der Waals surface area contributed by atoms with Crippen LogP contribution in [-0.2, 0) is 16.1 Å². The van der Waals surface area contributed by atoms with Gasteiger partial charge >= 0.3 is 0 Å². The maximum atomic E-state index is 12.8. The Morgan fingerprint density at radius 1 is 1.19 bits per heavy atom. The van der Waals surface area contributed by atoms with E-state index in [1.54, 1.807) is 37.5 Å². The molecule has 1 aromatic heterocycles. The van der Waals surface area contributed by atoms with Crippen molar-refractivity contribution >= 4 is 51.7 Å². The van der Waals surface area contributed by atoms with E-state index in [1.807, 2.05) is 6.07 Å². The molecule has 4 rings (SSSR count). The first-order valence-corrected chi connectivity index (χ1v) is 10.4. The molecule has 3 aromatic rings. The van der Waals surface area contributed by atoms with Crippen LogP contribution in [0.2, 0.25) is 10.0 Å². The van der Waals surface area contributed by atoms with E-state index in [0.717, 1.165) is 10.9 Å². The first-order chi connectivity index (χ1) is 14.8. The van der Waals surface area contributed by atoms with Crippen LogP contribution in [-0.4, -0.2) is 39.3 Å². The number of imide groups is 1. The Bertz CT molecular complexity index is 1220. The summed E-state index contributed by atoms with van der Waals surface area (Å²) in [6, 6.07) is 9.42. The molecule has 3 amide bonds. The number of nitrogens with one attached hydrogen (secondary N) is 1. The molecule has 1 fully saturated rings. The van der Waals surface area contributed by atoms with Gasteiger partial charge in [0.2, 0.25) is 11.8 Å². The molecule has 9 heteroatoms. The van der Waals surface area contributed by atoms with Crippen molar-refractivity contribution < 1.29 is 19.5 Å². The van der Waals surface area contributed by atoms with Crippen molar-refractivity contribution in [3.05, 3.63) is 63.8 Å². The van der Waals surface area contributed by atoms with Gasteiger partial charge in [-0.3, -0.25) is 19.7 Å². The molecular formula is C22H19Cl2N3O4. The molecule has 7 nitrogen and oxygen atoms in total. The van der Waals surface area contributed by atoms with E-state index in [2.05, 4.69) is 5.32 Å². The Morgan fingerprint density at radius 2 is 1.97 bits per heavy atom. The molecule has 2 aromatic carbocycles. The highest BCUT2D eigenvalue weighted by Crippen LogP contribution is 2.35. The smallest absolute Gasteiger partial charge is 0.253 e. The second-order valence-electron chi connectivity index (χ2n) is 7.50. The Hall–Kier alpha value is -3.03. The van der Waals surface area contributed by atoms with E-state index < -0.39 is 11.9 Å². The quantitative estimate of drug-likeness (QED) is 0.578. The molecule has 1 saturated heterocycles. The normalized spacial score (nSPS) is 16.4. The van der Waals surface area contributed by atoms with Crippen LogP contribution in [0.25, 0.3) is 10.8 Å². The fourth-order valence-corrected chi connectivity index (χ4v) is 4.10. The number of rotatable bonds is 4. The van der Waals surface area contributed by atoms with Crippen LogP contribution in [0, 0.1) is 0 Å². The average molecular weight is 460 g/mol. The van der Waals surface area contributed by atoms with E-state index in [-0.39, 0.29) is 30.7 Å². The minimum absolute atomic E-state index is 0.0511. The predicted octanol–water partition coefficient (Wildman–Crippen LogP) is 3.90. The lowest BCUT2D eigenvalue weighted by atomic mass is 10.1. The third kappa shape index (κ3) is 3.98. The number of piperidine rings is 1. The Labute approximate surface area is 188 Å². The van der Waals surface area contributed by atoms with E-state index in [4.69, 9.17) is 23.2 Å². The zero-order valence-electron chi connectivity index (χ0n) is 16.6. The Morgan fingerprint density at radius 3 is 2.68 bits per heavy atom. The number of carbonyl (C=O) groups is 3. The number of hydrogen-bond donors (Lipinski definition) is 2. The van der Waals surface area contributed by atoms with Crippen molar-refractivity contribution in [2.24, 2.45) is 0 Å². The van der Waals surface area contributed by atoms with Crippen molar-refractivity contribution in [2.75, 3.05) is 7.05 Å². The summed E-state index contributed by atoms with van der Waals surface area (Å²) in [5, 5.41) is 15.0. The van der Waals surface area contributed by atoms with Crippen LogP contribution in [0.3, 0.4) is 0 Å². The molecule has 0 spiro atoms. The molecule has 1 aliphatic heterocycles. The van der Waals surface area contributed by atoms with Gasteiger partial charge in [-0.1, -0.05) is 35.3 Å². The van der Waals surface area contributed by atoms with Crippen LogP contribution in [0.5, 0.6) is 5.88 Å². The maximum absolute atomic E-state index is 12.8. The number of fused-ring (bicyclic) bond motifs is 1. The Balaban J connectivity index is 1.64. The second kappa shape index (κ2) is 8.24. The van der Waals surface area contributed by atoms with Gasteiger partial charge in [0.25, 0.3) is 5.91 Å². The van der Waals surface area contributed by atoms with Crippen LogP contribution >= 0.6 is 23.2 Å². The van der Waals surface area contributed by atoms with E-state index in [1.165, 1.54) is 15.5 Å². The zero-order valence-corrected chi connectivity index (χ0v) is 18.1. The number of nitrogens with zero attached hydrogens (tertiary/aromatic N) is 2. The lowest BCUT2D eigenvalue weighted by molar-refractivity contribution is -0.135. The number of carbonyl (C=O) groups excluding carboxylic acids is 3. The van der Waals surface area contributed by atoms with Gasteiger partial charge in [0.1, 0.15) is 6.04 Å². The number of benzene rings is 2. The Kier molecular flexibility index (Phi) is 5.64. The van der Waals surface area contributed by atoms with Crippen molar-refractivity contribution in [3.63, 3.8) is 0 Å². The van der Waals surface area contributed by atoms with Gasteiger partial charge in [-0.05, 0) is 36.2 Å². The molecule has 2 N–H and O–H groups in total. The van der Waals surface area contributed by atoms with Gasteiger partial charge in [-0.25, -0.2) is 0 Å². The molecule has 0 radical (unpaired) electrons. The van der Waals surface area contributed by atoms with E-state index in [0.29, 0.717) is 27.4 Å². The van der Waals surface area contributed by atoms with E-state index in [9.17, 15) is 19.5 Å². The summed E-state index contributed by atoms with van der Waals surface area (Å²) in [5.74, 6) is -1.05. The van der Waals surface area contributed by atoms with Crippen molar-refractivity contribution in [1.29, 1.82) is 0 Å². The number of aromatic nitrogens is 1. The maximum Gasteiger partial charge on any atom is 0.253 e. The lowest BCUT2D eigenvalue weighted by Crippen LogP contribution is -2.41. The van der Waals surface area contributed by atoms with Gasteiger partial charge < -0.3 is 14.6 Å². The largest absolute Gasteiger partial charge is 0.494 e. The minimum Gasteiger partial charge on any atom is -0.494 e. The van der Waals surface area contributed by atoms with E-state index >= 15 is 0 Å². The summed E-state index contributed by atoms with van der Waals surface area (Å²) in [6.07, 6.45) is 2.21. The van der Waals surface area contributed by atoms with Gasteiger partial charge in [0.15, 0.2) is 5.88 Å². The third-order valence-electron chi connectivity index (χ3n) is 5.42. The standard InChI is InChI=1S/C22H19Cl2N3O4/c1-26(21(30)12-5-6-16(23)17(24)9-12)10-13-3-2-4-14-15(13)11-27(22(14)31)18-7-8-19(28)25-20(18)29/h2-6,9,11,18,31H,7-8,10H2,1H3,(H,25,28,29). The lowest BCUT2D eigenvalue weighted by Gasteiger charge is -2.22. The molecule has 0 saturated carbocycles. The summed E-state index contributed by atoms with van der Waals surface area (Å²) < 4.78 is 1.48. The number of halogens is 2. The molecule has 160 valence electrons. The molecule has 1 unspecified atom stereocenters. The van der Waals surface area contributed by atoms with Crippen LogP contribution in [0.15, 0.2) is 42.6 Å². The highest BCUT2D eigenvalue weighted by Gasteiger charge is 2.30. The monoisotopic (exact) mass is 459 g/mol. The molecule has 1 atom stereocenters. The molecule has 0 bridgehead atoms. The molecule has 1 aliphatic rings. The fourth-order valence-electron chi connectivity index (χ4n) is 3.80. The molecule has 2 heterocycles. The molecule has 31 heavy (non-hydrogen) atoms. The van der Waals surface area contributed by atoms with Crippen molar-refractivity contribution in [2.45, 2.75) is 25.4 Å². The third-order valence-corrected chi connectivity index (χ3v) is 6.16. The van der Waals surface area contributed by atoms with Gasteiger partial charge in [0, 0.05) is 42.5 Å². The summed E-state index contributed by atoms with van der Waals surface area (Å²) in [7, 11) is 1.67. The van der Waals surface area contributed by atoms with Gasteiger partial charge in [-0.15, -0.1) is 0 Å². The first kappa shape index (κ1) is 21.2.